The molecule has 3 N–H and O–H groups in total. The Balaban J connectivity index is 2.24. The van der Waals surface area contributed by atoms with Crippen LogP contribution in [0.5, 0.6) is 5.75 Å². The Hall–Kier alpha value is -1.13. The van der Waals surface area contributed by atoms with Crippen molar-refractivity contribution in [2.45, 2.75) is 25.8 Å². The zero-order valence-corrected chi connectivity index (χ0v) is 9.95. The third kappa shape index (κ3) is 2.42. The SMILES string of the molecule is Cc1ccc([C@H](N)C2CCOCC2)c(O)c1F. The highest BCUT2D eigenvalue weighted by Crippen LogP contribution is 2.34. The van der Waals surface area contributed by atoms with Crippen LogP contribution in [0.25, 0.3) is 0 Å². The van der Waals surface area contributed by atoms with Gasteiger partial charge in [0.1, 0.15) is 0 Å². The molecule has 94 valence electrons. The minimum Gasteiger partial charge on any atom is -0.505 e. The molecule has 1 aliphatic heterocycles. The molecule has 1 atom stereocenters. The first kappa shape index (κ1) is 12.3. The summed E-state index contributed by atoms with van der Waals surface area (Å²) in [6.07, 6.45) is 1.71. The van der Waals surface area contributed by atoms with Crippen LogP contribution in [0.2, 0.25) is 0 Å². The molecule has 1 saturated heterocycles. The smallest absolute Gasteiger partial charge is 0.168 e. The van der Waals surface area contributed by atoms with Gasteiger partial charge in [-0.2, -0.15) is 0 Å². The van der Waals surface area contributed by atoms with Gasteiger partial charge in [-0.15, -0.1) is 0 Å². The molecule has 0 bridgehead atoms. The molecule has 4 heteroatoms. The zero-order chi connectivity index (χ0) is 12.4. The van der Waals surface area contributed by atoms with E-state index in [4.69, 9.17) is 10.5 Å². The standard InChI is InChI=1S/C13H18FNO2/c1-8-2-3-10(13(16)11(8)14)12(15)9-4-6-17-7-5-9/h2-3,9,12,16H,4-7,15H2,1H3/t12-/m1/s1. The fourth-order valence-corrected chi connectivity index (χ4v) is 2.28. The summed E-state index contributed by atoms with van der Waals surface area (Å²) >= 11 is 0. The Morgan fingerprint density at radius 1 is 1.41 bits per heavy atom. The van der Waals surface area contributed by atoms with Gasteiger partial charge in [-0.05, 0) is 31.2 Å². The average Bonchev–Trinajstić information content (AvgIpc) is 2.36. The van der Waals surface area contributed by atoms with Crippen LogP contribution in [0, 0.1) is 18.7 Å². The van der Waals surface area contributed by atoms with Gasteiger partial charge in [-0.1, -0.05) is 12.1 Å². The molecule has 1 aromatic carbocycles. The molecule has 0 spiro atoms. The van der Waals surface area contributed by atoms with Crippen molar-refractivity contribution in [3.8, 4) is 5.75 Å². The Morgan fingerprint density at radius 2 is 2.06 bits per heavy atom. The monoisotopic (exact) mass is 239 g/mol. The second kappa shape index (κ2) is 5.02. The van der Waals surface area contributed by atoms with Crippen molar-refractivity contribution >= 4 is 0 Å². The fourth-order valence-electron chi connectivity index (χ4n) is 2.28. The second-order valence-corrected chi connectivity index (χ2v) is 4.61. The van der Waals surface area contributed by atoms with Crippen molar-refractivity contribution in [1.82, 2.24) is 0 Å². The van der Waals surface area contributed by atoms with E-state index >= 15 is 0 Å². The highest BCUT2D eigenvalue weighted by atomic mass is 19.1. The van der Waals surface area contributed by atoms with Gasteiger partial charge in [-0.3, -0.25) is 0 Å². The first-order chi connectivity index (χ1) is 8.11. The minimum absolute atomic E-state index is 0.247. The van der Waals surface area contributed by atoms with Crippen LogP contribution >= 0.6 is 0 Å². The van der Waals surface area contributed by atoms with Gasteiger partial charge < -0.3 is 15.6 Å². The van der Waals surface area contributed by atoms with Crippen LogP contribution in [-0.2, 0) is 4.74 Å². The second-order valence-electron chi connectivity index (χ2n) is 4.61. The van der Waals surface area contributed by atoms with Gasteiger partial charge in [0.05, 0.1) is 0 Å². The van der Waals surface area contributed by atoms with E-state index in [1.54, 1.807) is 19.1 Å². The quantitative estimate of drug-likeness (QED) is 0.832. The van der Waals surface area contributed by atoms with Gasteiger partial charge in [0.2, 0.25) is 0 Å². The number of phenols is 1. The predicted molar refractivity (Wildman–Crippen MR) is 63.3 cm³/mol. The van der Waals surface area contributed by atoms with E-state index in [1.807, 2.05) is 0 Å². The Bertz CT molecular complexity index is 403. The third-order valence-corrected chi connectivity index (χ3v) is 3.47. The third-order valence-electron chi connectivity index (χ3n) is 3.47. The zero-order valence-electron chi connectivity index (χ0n) is 9.95. The molecular weight excluding hydrogens is 221 g/mol. The minimum atomic E-state index is -0.565. The molecule has 0 aliphatic carbocycles. The number of hydrogen-bond acceptors (Lipinski definition) is 3. The van der Waals surface area contributed by atoms with E-state index in [2.05, 4.69) is 0 Å². The van der Waals surface area contributed by atoms with Crippen LogP contribution in [0.4, 0.5) is 4.39 Å². The molecule has 0 amide bonds. The van der Waals surface area contributed by atoms with Crippen LogP contribution in [0.15, 0.2) is 12.1 Å². The molecule has 0 unspecified atom stereocenters. The molecule has 3 nitrogen and oxygen atoms in total. The summed E-state index contributed by atoms with van der Waals surface area (Å²) < 4.78 is 18.9. The van der Waals surface area contributed by atoms with E-state index in [0.717, 1.165) is 12.8 Å². The number of aryl methyl sites for hydroxylation is 1. The number of ether oxygens (including phenoxy) is 1. The summed E-state index contributed by atoms with van der Waals surface area (Å²) in [6.45, 7) is 3.00. The molecule has 17 heavy (non-hydrogen) atoms. The average molecular weight is 239 g/mol. The topological polar surface area (TPSA) is 55.5 Å². The molecular formula is C13H18FNO2. The van der Waals surface area contributed by atoms with Crippen molar-refractivity contribution in [3.05, 3.63) is 29.1 Å². The maximum absolute atomic E-state index is 13.6. The van der Waals surface area contributed by atoms with E-state index < -0.39 is 5.82 Å². The number of benzene rings is 1. The molecule has 1 heterocycles. The maximum Gasteiger partial charge on any atom is 0.168 e. The van der Waals surface area contributed by atoms with Gasteiger partial charge >= 0.3 is 0 Å². The summed E-state index contributed by atoms with van der Waals surface area (Å²) in [5.41, 5.74) is 7.04. The lowest BCUT2D eigenvalue weighted by atomic mass is 9.87. The Kier molecular flexibility index (Phi) is 3.64. The van der Waals surface area contributed by atoms with Gasteiger partial charge in [0.25, 0.3) is 0 Å². The van der Waals surface area contributed by atoms with Crippen molar-refractivity contribution in [2.24, 2.45) is 11.7 Å². The highest BCUT2D eigenvalue weighted by molar-refractivity contribution is 5.40. The maximum atomic E-state index is 13.6. The van der Waals surface area contributed by atoms with Crippen LogP contribution in [0.1, 0.15) is 30.0 Å². The number of aromatic hydroxyl groups is 1. The number of halogens is 1. The summed E-state index contributed by atoms with van der Waals surface area (Å²) in [5, 5.41) is 9.79. The number of phenolic OH excluding ortho intramolecular Hbond substituents is 1. The van der Waals surface area contributed by atoms with E-state index in [9.17, 15) is 9.50 Å². The summed E-state index contributed by atoms with van der Waals surface area (Å²) in [5.74, 6) is -0.620. The van der Waals surface area contributed by atoms with Gasteiger partial charge in [0, 0.05) is 24.8 Å². The van der Waals surface area contributed by atoms with Crippen molar-refractivity contribution in [3.63, 3.8) is 0 Å². The first-order valence-corrected chi connectivity index (χ1v) is 5.92. The number of rotatable bonds is 2. The molecule has 1 aliphatic rings. The molecule has 0 radical (unpaired) electrons. The lowest BCUT2D eigenvalue weighted by molar-refractivity contribution is 0.0580. The first-order valence-electron chi connectivity index (χ1n) is 5.92. The Labute approximate surface area is 100 Å². The van der Waals surface area contributed by atoms with E-state index in [1.165, 1.54) is 0 Å². The predicted octanol–water partition coefficient (Wildman–Crippen LogP) is 2.27. The normalized spacial score (nSPS) is 19.2. The highest BCUT2D eigenvalue weighted by Gasteiger charge is 2.25. The summed E-state index contributed by atoms with van der Waals surface area (Å²) in [7, 11) is 0. The van der Waals surface area contributed by atoms with Gasteiger partial charge in [-0.25, -0.2) is 4.39 Å². The van der Waals surface area contributed by atoms with Crippen molar-refractivity contribution in [2.75, 3.05) is 13.2 Å². The Morgan fingerprint density at radius 3 is 2.71 bits per heavy atom. The summed E-state index contributed by atoms with van der Waals surface area (Å²) in [6, 6.07) is 3.05. The molecule has 0 saturated carbocycles. The lowest BCUT2D eigenvalue weighted by Crippen LogP contribution is -2.27. The molecule has 1 aromatic rings. The van der Waals surface area contributed by atoms with Crippen LogP contribution in [-0.4, -0.2) is 18.3 Å². The lowest BCUT2D eigenvalue weighted by Gasteiger charge is -2.28. The largest absolute Gasteiger partial charge is 0.505 e. The van der Waals surface area contributed by atoms with Crippen molar-refractivity contribution < 1.29 is 14.2 Å². The van der Waals surface area contributed by atoms with E-state index in [0.29, 0.717) is 24.3 Å². The van der Waals surface area contributed by atoms with E-state index in [-0.39, 0.29) is 17.7 Å². The molecule has 0 aromatic heterocycles. The molecule has 2 rings (SSSR count). The summed E-state index contributed by atoms with van der Waals surface area (Å²) in [4.78, 5) is 0. The fraction of sp³-hybridized carbons (Fsp3) is 0.538. The number of hydrogen-bond donors (Lipinski definition) is 2. The van der Waals surface area contributed by atoms with Crippen LogP contribution in [0.3, 0.4) is 0 Å². The van der Waals surface area contributed by atoms with Gasteiger partial charge in [0.15, 0.2) is 11.6 Å². The van der Waals surface area contributed by atoms with Crippen LogP contribution < -0.4 is 5.73 Å². The number of nitrogens with two attached hydrogens (primary N) is 1. The van der Waals surface area contributed by atoms with Crippen molar-refractivity contribution in [1.29, 1.82) is 0 Å². The molecule has 1 fully saturated rings.